The molecule has 0 fully saturated rings. The van der Waals surface area contributed by atoms with Gasteiger partial charge in [-0.1, -0.05) is 353 Å². The van der Waals surface area contributed by atoms with E-state index < -0.39 is 6.10 Å². The van der Waals surface area contributed by atoms with Crippen molar-refractivity contribution in [2.45, 2.75) is 406 Å². The van der Waals surface area contributed by atoms with E-state index in [0.29, 0.717) is 19.3 Å². The third-order valence-electron chi connectivity index (χ3n) is 16.2. The van der Waals surface area contributed by atoms with Crippen LogP contribution >= 0.6 is 0 Å². The van der Waals surface area contributed by atoms with Gasteiger partial charge in [0.1, 0.15) is 13.2 Å². The van der Waals surface area contributed by atoms with Gasteiger partial charge in [0.2, 0.25) is 0 Å². The predicted molar refractivity (Wildman–Crippen MR) is 340 cm³/mol. The standard InChI is InChI=1S/C72H136O6/c1-4-7-10-13-16-19-22-25-28-31-34-35-36-37-39-41-44-47-50-53-56-59-62-65-71(74)77-68-69(67-76-70(73)64-61-58-55-52-49-46-43-40-33-30-27-24-21-18-15-12-9-6-3)78-72(75)66-63-60-57-54-51-48-45-42-38-32-29-26-23-20-17-14-11-8-5-2/h21,24,30,33,69H,4-20,22-23,25-29,31-32,34-68H2,1-3H3/b24-21-,33-30-. The minimum absolute atomic E-state index is 0.0670. The molecule has 0 aromatic carbocycles. The molecule has 0 saturated heterocycles. The van der Waals surface area contributed by atoms with E-state index in [-0.39, 0.29) is 31.1 Å². The van der Waals surface area contributed by atoms with Crippen LogP contribution in [0.25, 0.3) is 0 Å². The Bertz CT molecular complexity index is 1260. The number of esters is 3. The minimum atomic E-state index is -0.772. The smallest absolute Gasteiger partial charge is 0.306 e. The van der Waals surface area contributed by atoms with Gasteiger partial charge in [-0.05, 0) is 51.4 Å². The van der Waals surface area contributed by atoms with Gasteiger partial charge >= 0.3 is 17.9 Å². The number of hydrogen-bond donors (Lipinski definition) is 0. The third kappa shape index (κ3) is 64.7. The Labute approximate surface area is 487 Å². The number of carbonyl (C=O) groups is 3. The Morgan fingerprint density at radius 3 is 0.718 bits per heavy atom. The largest absolute Gasteiger partial charge is 0.462 e. The summed E-state index contributed by atoms with van der Waals surface area (Å²) < 4.78 is 17.0. The van der Waals surface area contributed by atoms with E-state index >= 15 is 0 Å². The zero-order valence-corrected chi connectivity index (χ0v) is 53.0. The van der Waals surface area contributed by atoms with Crippen LogP contribution in [0.1, 0.15) is 400 Å². The Hall–Kier alpha value is -2.11. The van der Waals surface area contributed by atoms with Crippen LogP contribution in [0.4, 0.5) is 0 Å². The molecular formula is C72H136O6. The van der Waals surface area contributed by atoms with Gasteiger partial charge in [0.15, 0.2) is 6.10 Å². The molecule has 78 heavy (non-hydrogen) atoms. The van der Waals surface area contributed by atoms with Gasteiger partial charge in [0, 0.05) is 19.3 Å². The summed E-state index contributed by atoms with van der Waals surface area (Å²) >= 11 is 0. The van der Waals surface area contributed by atoms with Gasteiger partial charge in [0.25, 0.3) is 0 Å². The van der Waals surface area contributed by atoms with Crippen LogP contribution in [0.5, 0.6) is 0 Å². The number of allylic oxidation sites excluding steroid dienone is 4. The average molecular weight is 1100 g/mol. The highest BCUT2D eigenvalue weighted by Crippen LogP contribution is 2.19. The second-order valence-electron chi connectivity index (χ2n) is 24.2. The number of unbranched alkanes of at least 4 members (excludes halogenated alkanes) is 51. The minimum Gasteiger partial charge on any atom is -0.462 e. The summed E-state index contributed by atoms with van der Waals surface area (Å²) in [4.78, 5) is 38.5. The molecule has 0 radical (unpaired) electrons. The first-order valence-electron chi connectivity index (χ1n) is 35.3. The predicted octanol–water partition coefficient (Wildman–Crippen LogP) is 24.2. The van der Waals surface area contributed by atoms with Crippen molar-refractivity contribution < 1.29 is 28.6 Å². The number of ether oxygens (including phenoxy) is 3. The molecule has 1 unspecified atom stereocenters. The molecule has 0 saturated carbocycles. The molecular weight excluding hydrogens is 961 g/mol. The van der Waals surface area contributed by atoms with Gasteiger partial charge in [-0.25, -0.2) is 0 Å². The molecule has 0 amide bonds. The van der Waals surface area contributed by atoms with Crippen molar-refractivity contribution in [3.63, 3.8) is 0 Å². The Morgan fingerprint density at radius 2 is 0.462 bits per heavy atom. The lowest BCUT2D eigenvalue weighted by atomic mass is 10.0. The summed E-state index contributed by atoms with van der Waals surface area (Å²) in [6, 6.07) is 0. The molecule has 0 aliphatic carbocycles. The van der Waals surface area contributed by atoms with Crippen LogP contribution in [-0.2, 0) is 28.6 Å². The van der Waals surface area contributed by atoms with E-state index in [1.54, 1.807) is 0 Å². The van der Waals surface area contributed by atoms with Gasteiger partial charge in [-0.2, -0.15) is 0 Å². The molecule has 0 heterocycles. The average Bonchev–Trinajstić information content (AvgIpc) is 3.44. The SMILES string of the molecule is CCCCCC/C=C\C/C=C\CCCCCCCCCC(=O)OCC(COC(=O)CCCCCCCCCCCCCCCCCCCCCCCCC)OC(=O)CCCCCCCCCCCCCCCCCCCCC. The van der Waals surface area contributed by atoms with Crippen molar-refractivity contribution >= 4 is 17.9 Å². The number of rotatable bonds is 66. The fourth-order valence-electron chi connectivity index (χ4n) is 10.9. The van der Waals surface area contributed by atoms with Crippen LogP contribution in [0.3, 0.4) is 0 Å². The molecule has 6 nitrogen and oxygen atoms in total. The van der Waals surface area contributed by atoms with Crippen molar-refractivity contribution in [1.82, 2.24) is 0 Å². The molecule has 0 aromatic heterocycles. The first kappa shape index (κ1) is 75.9. The Kier molecular flexibility index (Phi) is 65.6. The number of hydrogen-bond acceptors (Lipinski definition) is 6. The zero-order valence-electron chi connectivity index (χ0n) is 53.0. The number of carbonyl (C=O) groups excluding carboxylic acids is 3. The molecule has 0 rings (SSSR count). The van der Waals surface area contributed by atoms with E-state index in [1.807, 2.05) is 0 Å². The van der Waals surface area contributed by atoms with Crippen molar-refractivity contribution in [2.75, 3.05) is 13.2 Å². The molecule has 0 aromatic rings. The lowest BCUT2D eigenvalue weighted by Crippen LogP contribution is -2.30. The van der Waals surface area contributed by atoms with E-state index in [1.165, 1.54) is 289 Å². The maximum Gasteiger partial charge on any atom is 0.306 e. The molecule has 0 spiro atoms. The highest BCUT2D eigenvalue weighted by atomic mass is 16.6. The fourth-order valence-corrected chi connectivity index (χ4v) is 10.9. The monoisotopic (exact) mass is 1100 g/mol. The summed E-state index contributed by atoms with van der Waals surface area (Å²) in [6.07, 6.45) is 82.0. The molecule has 0 N–H and O–H groups in total. The van der Waals surface area contributed by atoms with Crippen LogP contribution < -0.4 is 0 Å². The second-order valence-corrected chi connectivity index (χ2v) is 24.2. The molecule has 0 aliphatic rings. The summed E-state index contributed by atoms with van der Waals surface area (Å²) in [5.41, 5.74) is 0. The first-order chi connectivity index (χ1) is 38.5. The summed E-state index contributed by atoms with van der Waals surface area (Å²) in [7, 11) is 0. The maximum absolute atomic E-state index is 13.0. The van der Waals surface area contributed by atoms with Crippen molar-refractivity contribution in [3.8, 4) is 0 Å². The van der Waals surface area contributed by atoms with E-state index in [2.05, 4.69) is 45.1 Å². The molecule has 460 valence electrons. The molecule has 6 heteroatoms. The fraction of sp³-hybridized carbons (Fsp3) is 0.903. The lowest BCUT2D eigenvalue weighted by Gasteiger charge is -2.18. The van der Waals surface area contributed by atoms with Crippen LogP contribution in [-0.4, -0.2) is 37.2 Å². The Morgan fingerprint density at radius 1 is 0.256 bits per heavy atom. The quantitative estimate of drug-likeness (QED) is 0.0261. The normalized spacial score (nSPS) is 12.1. The van der Waals surface area contributed by atoms with E-state index in [0.717, 1.165) is 70.6 Å². The summed E-state index contributed by atoms with van der Waals surface area (Å²) in [5.74, 6) is -0.841. The van der Waals surface area contributed by atoms with Gasteiger partial charge in [-0.15, -0.1) is 0 Å². The van der Waals surface area contributed by atoms with Gasteiger partial charge < -0.3 is 14.2 Å². The molecule has 1 atom stereocenters. The second kappa shape index (κ2) is 67.4. The lowest BCUT2D eigenvalue weighted by molar-refractivity contribution is -0.167. The van der Waals surface area contributed by atoms with Crippen LogP contribution in [0, 0.1) is 0 Å². The highest BCUT2D eigenvalue weighted by Gasteiger charge is 2.19. The van der Waals surface area contributed by atoms with Crippen molar-refractivity contribution in [1.29, 1.82) is 0 Å². The van der Waals surface area contributed by atoms with Crippen LogP contribution in [0.15, 0.2) is 24.3 Å². The summed E-state index contributed by atoms with van der Waals surface area (Å²) in [5, 5.41) is 0. The van der Waals surface area contributed by atoms with Gasteiger partial charge in [-0.3, -0.25) is 14.4 Å². The first-order valence-corrected chi connectivity index (χ1v) is 35.3. The topological polar surface area (TPSA) is 78.9 Å². The molecule has 0 aliphatic heterocycles. The van der Waals surface area contributed by atoms with Crippen LogP contribution in [0.2, 0.25) is 0 Å². The van der Waals surface area contributed by atoms with Gasteiger partial charge in [0.05, 0.1) is 0 Å². The Balaban J connectivity index is 4.29. The highest BCUT2D eigenvalue weighted by molar-refractivity contribution is 5.71. The maximum atomic E-state index is 13.0. The molecule has 0 bridgehead atoms. The van der Waals surface area contributed by atoms with E-state index in [9.17, 15) is 14.4 Å². The van der Waals surface area contributed by atoms with Crippen molar-refractivity contribution in [3.05, 3.63) is 24.3 Å². The van der Waals surface area contributed by atoms with E-state index in [4.69, 9.17) is 14.2 Å². The zero-order chi connectivity index (χ0) is 56.4. The summed E-state index contributed by atoms with van der Waals surface area (Å²) in [6.45, 7) is 6.71. The third-order valence-corrected chi connectivity index (χ3v) is 16.2. The van der Waals surface area contributed by atoms with Crippen molar-refractivity contribution in [2.24, 2.45) is 0 Å².